The Labute approximate surface area is 231 Å². The smallest absolute Gasteiger partial charge is 0.309 e. The number of carboxylic acids is 1. The van der Waals surface area contributed by atoms with Crippen LogP contribution >= 0.6 is 0 Å². The molecule has 3 aliphatic rings. The second-order valence-electron chi connectivity index (χ2n) is 11.0. The fourth-order valence-corrected chi connectivity index (χ4v) is 5.71. The third kappa shape index (κ3) is 5.18. The van der Waals surface area contributed by atoms with E-state index in [0.717, 1.165) is 17.5 Å². The van der Waals surface area contributed by atoms with Crippen molar-refractivity contribution in [1.29, 1.82) is 0 Å². The standard InChI is InChI=1S/C29H34F3N3O5/c1-4-38-21-12-18(13-22(39-5-2)24(21)19-6-7-20(30)26(32)25(19)31)15-34-16-29(17-34)14-23(33-40-29)35-10-8-28(3,9-11-35)27(36)37/h6-7,12-13H,4-5,8-11,14-17H2,1-3H3,(H,36,37). The molecule has 216 valence electrons. The molecule has 0 aliphatic carbocycles. The molecule has 2 aromatic rings. The van der Waals surface area contributed by atoms with Crippen molar-refractivity contribution in [1.82, 2.24) is 9.80 Å². The monoisotopic (exact) mass is 561 g/mol. The van der Waals surface area contributed by atoms with Crippen LogP contribution in [-0.4, -0.2) is 71.7 Å². The van der Waals surface area contributed by atoms with E-state index in [2.05, 4.69) is 15.0 Å². The minimum absolute atomic E-state index is 0.134. The summed E-state index contributed by atoms with van der Waals surface area (Å²) in [4.78, 5) is 21.7. The van der Waals surface area contributed by atoms with Crippen LogP contribution in [0.1, 0.15) is 45.6 Å². The SMILES string of the molecule is CCOc1cc(CN2CC3(CC(N4CCC(C)(C(=O)O)CC4)=NO3)C2)cc(OCC)c1-c1ccc(F)c(F)c1F. The lowest BCUT2D eigenvalue weighted by Gasteiger charge is -2.45. The molecule has 2 saturated heterocycles. The molecule has 0 unspecified atom stereocenters. The normalized spacial score (nSPS) is 19.6. The first-order chi connectivity index (χ1) is 19.1. The van der Waals surface area contributed by atoms with E-state index in [4.69, 9.17) is 14.3 Å². The van der Waals surface area contributed by atoms with Gasteiger partial charge in [0.1, 0.15) is 17.3 Å². The zero-order valence-electron chi connectivity index (χ0n) is 22.9. The summed E-state index contributed by atoms with van der Waals surface area (Å²) in [6, 6.07) is 5.63. The lowest BCUT2D eigenvalue weighted by molar-refractivity contribution is -0.150. The maximum Gasteiger partial charge on any atom is 0.309 e. The first-order valence-electron chi connectivity index (χ1n) is 13.6. The molecule has 0 amide bonds. The van der Waals surface area contributed by atoms with E-state index < -0.39 is 34.4 Å². The molecule has 5 rings (SSSR count). The van der Waals surface area contributed by atoms with Gasteiger partial charge < -0.3 is 24.3 Å². The average molecular weight is 562 g/mol. The van der Waals surface area contributed by atoms with E-state index in [1.807, 2.05) is 0 Å². The summed E-state index contributed by atoms with van der Waals surface area (Å²) in [6.07, 6.45) is 1.79. The number of hydrogen-bond donors (Lipinski definition) is 1. The molecule has 0 saturated carbocycles. The number of likely N-dealkylation sites (tertiary alicyclic amines) is 2. The summed E-state index contributed by atoms with van der Waals surface area (Å²) in [7, 11) is 0. The summed E-state index contributed by atoms with van der Waals surface area (Å²) in [5, 5.41) is 13.8. The number of aliphatic carboxylic acids is 1. The van der Waals surface area contributed by atoms with Gasteiger partial charge >= 0.3 is 5.97 Å². The second kappa shape index (κ2) is 10.8. The van der Waals surface area contributed by atoms with E-state index in [9.17, 15) is 23.1 Å². The van der Waals surface area contributed by atoms with Gasteiger partial charge in [0.15, 0.2) is 23.1 Å². The van der Waals surface area contributed by atoms with Gasteiger partial charge in [0.25, 0.3) is 0 Å². The van der Waals surface area contributed by atoms with Gasteiger partial charge in [-0.3, -0.25) is 9.69 Å². The predicted molar refractivity (Wildman–Crippen MR) is 142 cm³/mol. The predicted octanol–water partition coefficient (Wildman–Crippen LogP) is 5.04. The molecular formula is C29H34F3N3O5. The molecule has 0 radical (unpaired) electrons. The van der Waals surface area contributed by atoms with Gasteiger partial charge in [-0.1, -0.05) is 5.16 Å². The molecular weight excluding hydrogens is 527 g/mol. The molecule has 0 atom stereocenters. The first kappa shape index (κ1) is 28.1. The van der Waals surface area contributed by atoms with Crippen molar-refractivity contribution in [3.63, 3.8) is 0 Å². The molecule has 0 bridgehead atoms. The number of nitrogens with zero attached hydrogens (tertiary/aromatic N) is 3. The number of halogens is 3. The van der Waals surface area contributed by atoms with Gasteiger partial charge in [0.2, 0.25) is 0 Å². The molecule has 2 aromatic carbocycles. The van der Waals surface area contributed by atoms with Crippen LogP contribution in [0.3, 0.4) is 0 Å². The van der Waals surface area contributed by atoms with Gasteiger partial charge in [-0.15, -0.1) is 0 Å². The third-order valence-corrected chi connectivity index (χ3v) is 8.03. The minimum atomic E-state index is -1.55. The van der Waals surface area contributed by atoms with E-state index >= 15 is 0 Å². The summed E-state index contributed by atoms with van der Waals surface area (Å²) >= 11 is 0. The third-order valence-electron chi connectivity index (χ3n) is 8.03. The molecule has 8 nitrogen and oxygen atoms in total. The number of hydrogen-bond acceptors (Lipinski definition) is 7. The number of piperidine rings is 1. The molecule has 1 N–H and O–H groups in total. The van der Waals surface area contributed by atoms with Crippen LogP contribution in [0.4, 0.5) is 13.2 Å². The van der Waals surface area contributed by atoms with E-state index in [-0.39, 0.29) is 24.3 Å². The number of oxime groups is 1. The highest BCUT2D eigenvalue weighted by atomic mass is 19.2. The molecule has 11 heteroatoms. The fraction of sp³-hybridized carbons (Fsp3) is 0.517. The Hall–Kier alpha value is -3.47. The largest absolute Gasteiger partial charge is 0.493 e. The minimum Gasteiger partial charge on any atom is -0.493 e. The maximum atomic E-state index is 14.8. The van der Waals surface area contributed by atoms with Gasteiger partial charge in [0.05, 0.1) is 30.6 Å². The Kier molecular flexibility index (Phi) is 7.60. The fourth-order valence-electron chi connectivity index (χ4n) is 5.71. The average Bonchev–Trinajstić information content (AvgIpc) is 3.34. The Bertz CT molecular complexity index is 1290. The van der Waals surface area contributed by atoms with Gasteiger partial charge in [-0.2, -0.15) is 0 Å². The topological polar surface area (TPSA) is 83.8 Å². The van der Waals surface area contributed by atoms with Crippen LogP contribution in [-0.2, 0) is 16.2 Å². The Morgan fingerprint density at radius 3 is 2.25 bits per heavy atom. The van der Waals surface area contributed by atoms with Gasteiger partial charge in [0, 0.05) is 38.3 Å². The van der Waals surface area contributed by atoms with Crippen molar-refractivity contribution in [3.05, 3.63) is 47.3 Å². The number of carboxylic acid groups (broad SMARTS) is 1. The quantitative estimate of drug-likeness (QED) is 0.452. The van der Waals surface area contributed by atoms with Gasteiger partial charge in [-0.25, -0.2) is 13.2 Å². The highest BCUT2D eigenvalue weighted by Crippen LogP contribution is 2.43. The molecule has 1 spiro atoms. The number of rotatable bonds is 8. The summed E-state index contributed by atoms with van der Waals surface area (Å²) < 4.78 is 54.1. The molecule has 2 fully saturated rings. The Morgan fingerprint density at radius 2 is 1.68 bits per heavy atom. The van der Waals surface area contributed by atoms with E-state index in [1.165, 1.54) is 6.07 Å². The van der Waals surface area contributed by atoms with Crippen LogP contribution in [0.25, 0.3) is 11.1 Å². The number of benzene rings is 2. The number of carbonyl (C=O) groups is 1. The number of amidine groups is 1. The van der Waals surface area contributed by atoms with Crippen molar-refractivity contribution in [3.8, 4) is 22.6 Å². The van der Waals surface area contributed by atoms with E-state index in [1.54, 1.807) is 32.9 Å². The van der Waals surface area contributed by atoms with Crippen molar-refractivity contribution in [2.24, 2.45) is 10.6 Å². The van der Waals surface area contributed by atoms with Crippen molar-refractivity contribution in [2.45, 2.75) is 52.2 Å². The lowest BCUT2D eigenvalue weighted by Crippen LogP contribution is -2.61. The zero-order valence-corrected chi connectivity index (χ0v) is 22.9. The Balaban J connectivity index is 1.28. The maximum absolute atomic E-state index is 14.8. The van der Waals surface area contributed by atoms with Crippen LogP contribution in [0.2, 0.25) is 0 Å². The lowest BCUT2D eigenvalue weighted by atomic mass is 9.80. The molecule has 3 aliphatic heterocycles. The molecule has 0 aromatic heterocycles. The van der Waals surface area contributed by atoms with Crippen molar-refractivity contribution >= 4 is 11.8 Å². The Morgan fingerprint density at radius 1 is 1.05 bits per heavy atom. The second-order valence-corrected chi connectivity index (χ2v) is 11.0. The van der Waals surface area contributed by atoms with Crippen molar-refractivity contribution in [2.75, 3.05) is 39.4 Å². The molecule has 40 heavy (non-hydrogen) atoms. The number of ether oxygens (including phenoxy) is 2. The molecule has 3 heterocycles. The van der Waals surface area contributed by atoms with Crippen LogP contribution < -0.4 is 9.47 Å². The van der Waals surface area contributed by atoms with E-state index in [0.29, 0.717) is 63.5 Å². The summed E-state index contributed by atoms with van der Waals surface area (Å²) in [5.41, 5.74) is -0.152. The highest BCUT2D eigenvalue weighted by molar-refractivity contribution is 5.85. The van der Waals surface area contributed by atoms with Gasteiger partial charge in [-0.05, 0) is 63.4 Å². The zero-order chi connectivity index (χ0) is 28.7. The van der Waals surface area contributed by atoms with Crippen molar-refractivity contribution < 1.29 is 37.4 Å². The summed E-state index contributed by atoms with van der Waals surface area (Å²) in [5.74, 6) is -3.35. The van der Waals surface area contributed by atoms with Crippen LogP contribution in [0.5, 0.6) is 11.5 Å². The first-order valence-corrected chi connectivity index (χ1v) is 13.6. The van der Waals surface area contributed by atoms with Crippen LogP contribution in [0.15, 0.2) is 29.4 Å². The van der Waals surface area contributed by atoms with Crippen LogP contribution in [0, 0.1) is 22.9 Å². The highest BCUT2D eigenvalue weighted by Gasteiger charge is 2.51. The summed E-state index contributed by atoms with van der Waals surface area (Å²) in [6.45, 7) is 9.05.